The summed E-state index contributed by atoms with van der Waals surface area (Å²) in [6, 6.07) is 12.0. The van der Waals surface area contributed by atoms with Gasteiger partial charge in [0.05, 0.1) is 0 Å². The van der Waals surface area contributed by atoms with Crippen molar-refractivity contribution < 1.29 is 4.79 Å². The summed E-state index contributed by atoms with van der Waals surface area (Å²) in [4.78, 5) is 15.7. The Labute approximate surface area is 98.1 Å². The zero-order valence-electron chi connectivity index (χ0n) is 8.35. The summed E-state index contributed by atoms with van der Waals surface area (Å²) in [5, 5.41) is 3.29. The van der Waals surface area contributed by atoms with E-state index in [1.54, 1.807) is 42.6 Å². The van der Waals surface area contributed by atoms with Crippen molar-refractivity contribution in [2.45, 2.75) is 0 Å². The third-order valence-corrected chi connectivity index (χ3v) is 2.26. The highest BCUT2D eigenvalue weighted by Crippen LogP contribution is 2.11. The summed E-state index contributed by atoms with van der Waals surface area (Å²) in [6.07, 6.45) is 1.62. The summed E-state index contributed by atoms with van der Waals surface area (Å²) in [6.45, 7) is 0. The molecule has 0 fully saturated rings. The van der Waals surface area contributed by atoms with Crippen LogP contribution in [0.1, 0.15) is 10.4 Å². The highest BCUT2D eigenvalue weighted by atomic mass is 35.5. The van der Waals surface area contributed by atoms with Crippen molar-refractivity contribution in [2.75, 3.05) is 5.32 Å². The first-order valence-corrected chi connectivity index (χ1v) is 5.11. The lowest BCUT2D eigenvalue weighted by Gasteiger charge is -2.03. The van der Waals surface area contributed by atoms with Crippen molar-refractivity contribution in [1.29, 1.82) is 0 Å². The maximum Gasteiger partial charge on any atom is 0.256 e. The van der Waals surface area contributed by atoms with E-state index in [0.717, 1.165) is 0 Å². The molecule has 1 amide bonds. The van der Waals surface area contributed by atoms with Crippen molar-refractivity contribution in [3.63, 3.8) is 0 Å². The van der Waals surface area contributed by atoms with Gasteiger partial charge in [-0.15, -0.1) is 0 Å². The number of nitrogens with zero attached hydrogens (tertiary/aromatic N) is 1. The first-order chi connectivity index (χ1) is 7.75. The van der Waals surface area contributed by atoms with Crippen LogP contribution < -0.4 is 5.32 Å². The monoisotopic (exact) mass is 232 g/mol. The zero-order chi connectivity index (χ0) is 11.4. The minimum Gasteiger partial charge on any atom is -0.307 e. The maximum absolute atomic E-state index is 11.7. The van der Waals surface area contributed by atoms with Crippen LogP contribution >= 0.6 is 11.6 Å². The molecule has 0 saturated carbocycles. The van der Waals surface area contributed by atoms with Crippen LogP contribution in [0.4, 0.5) is 5.82 Å². The molecular formula is C12H9ClN2O. The Hall–Kier alpha value is -1.87. The minimum absolute atomic E-state index is 0.199. The van der Waals surface area contributed by atoms with Crippen LogP contribution in [0.15, 0.2) is 48.7 Å². The largest absolute Gasteiger partial charge is 0.307 e. The van der Waals surface area contributed by atoms with E-state index in [1.807, 2.05) is 6.07 Å². The average molecular weight is 233 g/mol. The number of amides is 1. The Morgan fingerprint density at radius 2 is 1.88 bits per heavy atom. The third kappa shape index (κ3) is 2.58. The Morgan fingerprint density at radius 3 is 2.50 bits per heavy atom. The van der Waals surface area contributed by atoms with Crippen LogP contribution in [0.2, 0.25) is 5.02 Å². The van der Waals surface area contributed by atoms with Gasteiger partial charge in [0.25, 0.3) is 5.91 Å². The van der Waals surface area contributed by atoms with Gasteiger partial charge in [-0.1, -0.05) is 17.7 Å². The number of aromatic nitrogens is 1. The molecule has 0 aliphatic rings. The standard InChI is InChI=1S/C12H9ClN2O/c13-10-6-4-9(5-7-10)12(16)15-11-3-1-2-8-14-11/h1-8H,(H,14,15,16). The number of hydrogen-bond donors (Lipinski definition) is 1. The second kappa shape index (κ2) is 4.77. The van der Waals surface area contributed by atoms with Crippen molar-refractivity contribution in [2.24, 2.45) is 0 Å². The Balaban J connectivity index is 2.12. The molecule has 2 rings (SSSR count). The van der Waals surface area contributed by atoms with E-state index < -0.39 is 0 Å². The van der Waals surface area contributed by atoms with Gasteiger partial charge in [-0.05, 0) is 36.4 Å². The fraction of sp³-hybridized carbons (Fsp3) is 0. The van der Waals surface area contributed by atoms with Crippen molar-refractivity contribution in [1.82, 2.24) is 4.98 Å². The van der Waals surface area contributed by atoms with Gasteiger partial charge >= 0.3 is 0 Å². The molecule has 0 spiro atoms. The molecule has 1 aromatic heterocycles. The molecule has 0 unspecified atom stereocenters. The molecule has 1 N–H and O–H groups in total. The lowest BCUT2D eigenvalue weighted by atomic mass is 10.2. The number of pyridine rings is 1. The first kappa shape index (κ1) is 10.6. The number of benzene rings is 1. The average Bonchev–Trinajstić information content (AvgIpc) is 2.31. The van der Waals surface area contributed by atoms with E-state index in [2.05, 4.69) is 10.3 Å². The van der Waals surface area contributed by atoms with Crippen LogP contribution in [0.25, 0.3) is 0 Å². The van der Waals surface area contributed by atoms with Crippen LogP contribution in [-0.2, 0) is 0 Å². The highest BCUT2D eigenvalue weighted by molar-refractivity contribution is 6.30. The number of rotatable bonds is 2. The molecule has 3 nitrogen and oxygen atoms in total. The van der Waals surface area contributed by atoms with E-state index in [4.69, 9.17) is 11.6 Å². The number of carbonyl (C=O) groups excluding carboxylic acids is 1. The van der Waals surface area contributed by atoms with E-state index in [9.17, 15) is 4.79 Å². The second-order valence-corrected chi connectivity index (χ2v) is 3.61. The molecule has 0 aliphatic carbocycles. The van der Waals surface area contributed by atoms with Crippen LogP contribution in [0, 0.1) is 0 Å². The molecule has 4 heteroatoms. The summed E-state index contributed by atoms with van der Waals surface area (Å²) in [5.41, 5.74) is 0.551. The highest BCUT2D eigenvalue weighted by Gasteiger charge is 2.05. The van der Waals surface area contributed by atoms with E-state index in [-0.39, 0.29) is 5.91 Å². The molecule has 2 aromatic rings. The summed E-state index contributed by atoms with van der Waals surface area (Å²) < 4.78 is 0. The van der Waals surface area contributed by atoms with Crippen molar-refractivity contribution >= 4 is 23.3 Å². The quantitative estimate of drug-likeness (QED) is 0.865. The number of carbonyl (C=O) groups is 1. The fourth-order valence-electron chi connectivity index (χ4n) is 1.23. The Morgan fingerprint density at radius 1 is 1.12 bits per heavy atom. The Kier molecular flexibility index (Phi) is 3.17. The summed E-state index contributed by atoms with van der Waals surface area (Å²) in [5.74, 6) is 0.331. The lowest BCUT2D eigenvalue weighted by Crippen LogP contribution is -2.12. The number of nitrogens with one attached hydrogen (secondary N) is 1. The van der Waals surface area contributed by atoms with E-state index in [0.29, 0.717) is 16.4 Å². The molecule has 0 aliphatic heterocycles. The molecule has 0 radical (unpaired) electrons. The van der Waals surface area contributed by atoms with Crippen LogP contribution in [0.3, 0.4) is 0 Å². The minimum atomic E-state index is -0.199. The van der Waals surface area contributed by atoms with Gasteiger partial charge in [0.1, 0.15) is 5.82 Å². The van der Waals surface area contributed by atoms with Gasteiger partial charge in [0, 0.05) is 16.8 Å². The van der Waals surface area contributed by atoms with Crippen LogP contribution in [0.5, 0.6) is 0 Å². The molecule has 0 bridgehead atoms. The third-order valence-electron chi connectivity index (χ3n) is 2.01. The van der Waals surface area contributed by atoms with E-state index in [1.165, 1.54) is 0 Å². The molecule has 0 atom stereocenters. The molecule has 80 valence electrons. The van der Waals surface area contributed by atoms with Gasteiger partial charge in [-0.25, -0.2) is 4.98 Å². The molecule has 1 heterocycles. The summed E-state index contributed by atoms with van der Waals surface area (Å²) in [7, 11) is 0. The zero-order valence-corrected chi connectivity index (χ0v) is 9.11. The predicted molar refractivity (Wildman–Crippen MR) is 63.6 cm³/mol. The maximum atomic E-state index is 11.7. The summed E-state index contributed by atoms with van der Waals surface area (Å²) >= 11 is 5.73. The molecule has 1 aromatic carbocycles. The smallest absolute Gasteiger partial charge is 0.256 e. The van der Waals surface area contributed by atoms with Gasteiger partial charge in [0.2, 0.25) is 0 Å². The van der Waals surface area contributed by atoms with Gasteiger partial charge in [-0.3, -0.25) is 4.79 Å². The topological polar surface area (TPSA) is 42.0 Å². The number of hydrogen-bond acceptors (Lipinski definition) is 2. The van der Waals surface area contributed by atoms with Gasteiger partial charge in [0.15, 0.2) is 0 Å². The normalized spacial score (nSPS) is 9.81. The van der Waals surface area contributed by atoms with Crippen molar-refractivity contribution in [3.05, 3.63) is 59.2 Å². The number of halogens is 1. The molecular weight excluding hydrogens is 224 g/mol. The van der Waals surface area contributed by atoms with Crippen molar-refractivity contribution in [3.8, 4) is 0 Å². The first-order valence-electron chi connectivity index (χ1n) is 4.73. The molecule has 16 heavy (non-hydrogen) atoms. The lowest BCUT2D eigenvalue weighted by molar-refractivity contribution is 0.102. The van der Waals surface area contributed by atoms with Gasteiger partial charge < -0.3 is 5.32 Å². The Bertz CT molecular complexity index is 482. The predicted octanol–water partition coefficient (Wildman–Crippen LogP) is 2.99. The SMILES string of the molecule is O=C(Nc1ccccn1)c1ccc(Cl)cc1. The molecule has 0 saturated heterocycles. The van der Waals surface area contributed by atoms with Gasteiger partial charge in [-0.2, -0.15) is 0 Å². The van der Waals surface area contributed by atoms with E-state index >= 15 is 0 Å². The van der Waals surface area contributed by atoms with Crippen LogP contribution in [-0.4, -0.2) is 10.9 Å². The fourth-order valence-corrected chi connectivity index (χ4v) is 1.35. The number of anilines is 1. The second-order valence-electron chi connectivity index (χ2n) is 3.18.